The molecule has 0 saturated heterocycles. The number of thioether (sulfide) groups is 1. The summed E-state index contributed by atoms with van der Waals surface area (Å²) in [6.45, 7) is 3.46. The standard InChI is InChI=1S/C13H21NS2/c1-10(15-2)6-8-14-12-4-3-5-13-11(12)7-9-16-13/h7,9-10,12,14H,3-6,8H2,1-2H3. The van der Waals surface area contributed by atoms with Gasteiger partial charge in [0.2, 0.25) is 0 Å². The number of aryl methyl sites for hydroxylation is 1. The van der Waals surface area contributed by atoms with Crippen molar-refractivity contribution < 1.29 is 0 Å². The van der Waals surface area contributed by atoms with Crippen molar-refractivity contribution in [3.63, 3.8) is 0 Å². The molecule has 1 aromatic heterocycles. The van der Waals surface area contributed by atoms with Crippen LogP contribution in [0.1, 0.15) is 42.7 Å². The van der Waals surface area contributed by atoms with E-state index in [1.165, 1.54) is 25.7 Å². The van der Waals surface area contributed by atoms with Gasteiger partial charge in [-0.15, -0.1) is 11.3 Å². The van der Waals surface area contributed by atoms with E-state index < -0.39 is 0 Å². The third-order valence-electron chi connectivity index (χ3n) is 3.40. The van der Waals surface area contributed by atoms with Crippen LogP contribution in [-0.2, 0) is 6.42 Å². The highest BCUT2D eigenvalue weighted by atomic mass is 32.2. The van der Waals surface area contributed by atoms with Crippen LogP contribution in [0, 0.1) is 0 Å². The Balaban J connectivity index is 1.83. The predicted molar refractivity (Wildman–Crippen MR) is 75.6 cm³/mol. The van der Waals surface area contributed by atoms with Crippen LogP contribution >= 0.6 is 23.1 Å². The van der Waals surface area contributed by atoms with E-state index in [1.54, 1.807) is 10.4 Å². The second kappa shape index (κ2) is 6.08. The van der Waals surface area contributed by atoms with Crippen molar-refractivity contribution in [3.8, 4) is 0 Å². The molecule has 2 rings (SSSR count). The summed E-state index contributed by atoms with van der Waals surface area (Å²) in [6, 6.07) is 2.94. The number of hydrogen-bond acceptors (Lipinski definition) is 3. The van der Waals surface area contributed by atoms with E-state index >= 15 is 0 Å². The molecule has 2 atom stereocenters. The van der Waals surface area contributed by atoms with Crippen molar-refractivity contribution in [1.29, 1.82) is 0 Å². The van der Waals surface area contributed by atoms with Crippen LogP contribution in [0.2, 0.25) is 0 Å². The normalized spacial score (nSPS) is 21.8. The predicted octanol–water partition coefficient (Wildman–Crippen LogP) is 3.86. The summed E-state index contributed by atoms with van der Waals surface area (Å²) in [7, 11) is 0. The Bertz CT molecular complexity index is 321. The van der Waals surface area contributed by atoms with Crippen LogP contribution in [0.3, 0.4) is 0 Å². The third-order valence-corrected chi connectivity index (χ3v) is 5.43. The minimum absolute atomic E-state index is 0.629. The second-order valence-electron chi connectivity index (χ2n) is 4.53. The molecule has 0 fully saturated rings. The van der Waals surface area contributed by atoms with E-state index in [4.69, 9.17) is 0 Å². The molecule has 0 spiro atoms. The second-order valence-corrected chi connectivity index (χ2v) is 6.81. The average molecular weight is 255 g/mol. The Morgan fingerprint density at radius 3 is 3.31 bits per heavy atom. The molecule has 1 heterocycles. The van der Waals surface area contributed by atoms with Gasteiger partial charge in [0.25, 0.3) is 0 Å². The number of fused-ring (bicyclic) bond motifs is 1. The lowest BCUT2D eigenvalue weighted by atomic mass is 9.94. The molecule has 0 radical (unpaired) electrons. The van der Waals surface area contributed by atoms with Gasteiger partial charge in [-0.1, -0.05) is 6.92 Å². The molecule has 0 amide bonds. The Morgan fingerprint density at radius 1 is 1.62 bits per heavy atom. The zero-order valence-electron chi connectivity index (χ0n) is 10.2. The van der Waals surface area contributed by atoms with Crippen LogP contribution in [0.4, 0.5) is 0 Å². The van der Waals surface area contributed by atoms with Gasteiger partial charge in [0, 0.05) is 16.2 Å². The molecule has 0 saturated carbocycles. The van der Waals surface area contributed by atoms with E-state index in [9.17, 15) is 0 Å². The van der Waals surface area contributed by atoms with Gasteiger partial charge in [-0.25, -0.2) is 0 Å². The van der Waals surface area contributed by atoms with Crippen molar-refractivity contribution >= 4 is 23.1 Å². The molecule has 1 aliphatic rings. The summed E-state index contributed by atoms with van der Waals surface area (Å²) < 4.78 is 0. The number of rotatable bonds is 5. The minimum atomic E-state index is 0.629. The maximum atomic E-state index is 3.72. The van der Waals surface area contributed by atoms with Gasteiger partial charge >= 0.3 is 0 Å². The van der Waals surface area contributed by atoms with Crippen molar-refractivity contribution in [2.24, 2.45) is 0 Å². The van der Waals surface area contributed by atoms with E-state index in [0.717, 1.165) is 11.8 Å². The van der Waals surface area contributed by atoms with Gasteiger partial charge in [0.15, 0.2) is 0 Å². The number of hydrogen-bond donors (Lipinski definition) is 1. The molecule has 0 aromatic carbocycles. The van der Waals surface area contributed by atoms with Crippen LogP contribution in [0.15, 0.2) is 11.4 Å². The van der Waals surface area contributed by atoms with Crippen molar-refractivity contribution in [2.75, 3.05) is 12.8 Å². The summed E-state index contributed by atoms with van der Waals surface area (Å²) in [5.41, 5.74) is 1.58. The molecule has 1 aromatic rings. The molecular weight excluding hydrogens is 234 g/mol. The molecule has 3 heteroatoms. The summed E-state index contributed by atoms with van der Waals surface area (Å²) in [5.74, 6) is 0. The van der Waals surface area contributed by atoms with Crippen LogP contribution in [-0.4, -0.2) is 18.1 Å². The summed E-state index contributed by atoms with van der Waals surface area (Å²) in [4.78, 5) is 1.61. The quantitative estimate of drug-likeness (QED) is 0.857. The van der Waals surface area contributed by atoms with Crippen molar-refractivity contribution in [1.82, 2.24) is 5.32 Å². The van der Waals surface area contributed by atoms with E-state index in [2.05, 4.69) is 29.9 Å². The van der Waals surface area contributed by atoms with Crippen LogP contribution in [0.5, 0.6) is 0 Å². The van der Waals surface area contributed by atoms with Gasteiger partial charge in [-0.05, 0) is 55.5 Å². The molecule has 0 bridgehead atoms. The summed E-state index contributed by atoms with van der Waals surface area (Å²) in [5, 5.41) is 6.74. The first-order valence-corrected chi connectivity index (χ1v) is 8.30. The highest BCUT2D eigenvalue weighted by Crippen LogP contribution is 2.33. The summed E-state index contributed by atoms with van der Waals surface area (Å²) >= 11 is 3.89. The fraction of sp³-hybridized carbons (Fsp3) is 0.692. The lowest BCUT2D eigenvalue weighted by Crippen LogP contribution is -2.26. The highest BCUT2D eigenvalue weighted by molar-refractivity contribution is 7.99. The maximum Gasteiger partial charge on any atom is 0.0331 e. The molecule has 2 unspecified atom stereocenters. The Labute approximate surface area is 107 Å². The number of nitrogens with one attached hydrogen (secondary N) is 1. The molecule has 1 nitrogen and oxygen atoms in total. The SMILES string of the molecule is CSC(C)CCNC1CCCc2sccc21. The van der Waals surface area contributed by atoms with Crippen molar-refractivity contribution in [2.45, 2.75) is 43.9 Å². The molecule has 16 heavy (non-hydrogen) atoms. The van der Waals surface area contributed by atoms with E-state index in [0.29, 0.717) is 6.04 Å². The summed E-state index contributed by atoms with van der Waals surface area (Å²) in [6.07, 6.45) is 7.44. The van der Waals surface area contributed by atoms with Gasteiger partial charge in [0.05, 0.1) is 0 Å². The highest BCUT2D eigenvalue weighted by Gasteiger charge is 2.20. The average Bonchev–Trinajstić information content (AvgIpc) is 2.77. The third kappa shape index (κ3) is 3.02. The fourth-order valence-electron chi connectivity index (χ4n) is 2.28. The van der Waals surface area contributed by atoms with Gasteiger partial charge in [-0.3, -0.25) is 0 Å². The van der Waals surface area contributed by atoms with E-state index in [-0.39, 0.29) is 0 Å². The Hall–Kier alpha value is 0.0100. The first-order chi connectivity index (χ1) is 7.81. The maximum absolute atomic E-state index is 3.72. The van der Waals surface area contributed by atoms with Gasteiger partial charge < -0.3 is 5.32 Å². The minimum Gasteiger partial charge on any atom is -0.310 e. The monoisotopic (exact) mass is 255 g/mol. The van der Waals surface area contributed by atoms with Crippen LogP contribution in [0.25, 0.3) is 0 Å². The number of thiophene rings is 1. The topological polar surface area (TPSA) is 12.0 Å². The van der Waals surface area contributed by atoms with E-state index in [1.807, 2.05) is 23.1 Å². The lowest BCUT2D eigenvalue weighted by molar-refractivity contribution is 0.459. The van der Waals surface area contributed by atoms with Crippen LogP contribution < -0.4 is 5.32 Å². The zero-order valence-corrected chi connectivity index (χ0v) is 11.8. The molecule has 1 N–H and O–H groups in total. The van der Waals surface area contributed by atoms with Crippen molar-refractivity contribution in [3.05, 3.63) is 21.9 Å². The Kier molecular flexibility index (Phi) is 4.74. The Morgan fingerprint density at radius 2 is 2.50 bits per heavy atom. The molecular formula is C13H21NS2. The fourth-order valence-corrected chi connectivity index (χ4v) is 3.62. The largest absolute Gasteiger partial charge is 0.310 e. The smallest absolute Gasteiger partial charge is 0.0331 e. The lowest BCUT2D eigenvalue weighted by Gasteiger charge is -2.24. The zero-order chi connectivity index (χ0) is 11.4. The first-order valence-electron chi connectivity index (χ1n) is 6.13. The first kappa shape index (κ1) is 12.5. The molecule has 1 aliphatic carbocycles. The van der Waals surface area contributed by atoms with Gasteiger partial charge in [-0.2, -0.15) is 11.8 Å². The van der Waals surface area contributed by atoms with Gasteiger partial charge in [0.1, 0.15) is 0 Å². The molecule has 90 valence electrons. The molecule has 0 aliphatic heterocycles.